The highest BCUT2D eigenvalue weighted by molar-refractivity contribution is 5.98. The maximum atomic E-state index is 12.2. The molecular weight excluding hydrogens is 266 g/mol. The molecule has 19 heavy (non-hydrogen) atoms. The number of likely N-dealkylation sites (tertiary alicyclic amines) is 1. The van der Waals surface area contributed by atoms with Gasteiger partial charge in [0.05, 0.1) is 6.54 Å². The second-order valence-electron chi connectivity index (χ2n) is 4.83. The highest BCUT2D eigenvalue weighted by Crippen LogP contribution is 2.32. The van der Waals surface area contributed by atoms with Crippen molar-refractivity contribution < 1.29 is 26.7 Å². The number of hydrogen-bond acceptors (Lipinski definition) is 4. The van der Waals surface area contributed by atoms with Crippen molar-refractivity contribution in [3.05, 3.63) is 23.8 Å². The lowest BCUT2D eigenvalue weighted by Crippen LogP contribution is -3.00. The molecule has 0 spiro atoms. The molecule has 1 aromatic carbocycles. The molecule has 0 bridgehead atoms. The molecular formula is C14H17ClNO3-. The summed E-state index contributed by atoms with van der Waals surface area (Å²) in [6.45, 7) is 2.84. The number of ketones is 1. The van der Waals surface area contributed by atoms with Gasteiger partial charge in [0, 0.05) is 5.56 Å². The van der Waals surface area contributed by atoms with Crippen molar-refractivity contribution in [2.24, 2.45) is 0 Å². The topological polar surface area (TPSA) is 38.8 Å². The van der Waals surface area contributed by atoms with E-state index in [9.17, 15) is 4.79 Å². The normalized spacial score (nSPS) is 17.9. The zero-order valence-electron chi connectivity index (χ0n) is 10.7. The maximum Gasteiger partial charge on any atom is 0.231 e. The van der Waals surface area contributed by atoms with Gasteiger partial charge in [0.15, 0.2) is 17.3 Å². The first-order chi connectivity index (χ1) is 8.83. The predicted octanol–water partition coefficient (Wildman–Crippen LogP) is -0.912. The maximum absolute atomic E-state index is 12.2. The summed E-state index contributed by atoms with van der Waals surface area (Å²) in [7, 11) is 0. The van der Waals surface area contributed by atoms with Gasteiger partial charge in [0.2, 0.25) is 6.79 Å². The number of carbonyl (C=O) groups excluding carboxylic acids is 1. The fourth-order valence-electron chi connectivity index (χ4n) is 2.48. The Bertz CT molecular complexity index is 458. The number of rotatable bonds is 3. The van der Waals surface area contributed by atoms with Crippen molar-refractivity contribution in [1.82, 2.24) is 4.90 Å². The third-order valence-electron chi connectivity index (χ3n) is 3.51. The number of Topliss-reactive ketones (excluding diaryl/α,β-unsaturated/α-hetero) is 1. The molecule has 3 rings (SSSR count). The predicted molar refractivity (Wildman–Crippen MR) is 67.2 cm³/mol. The van der Waals surface area contributed by atoms with Gasteiger partial charge in [-0.05, 0) is 44.1 Å². The van der Waals surface area contributed by atoms with E-state index in [1.165, 1.54) is 19.3 Å². The van der Waals surface area contributed by atoms with E-state index in [1.54, 1.807) is 6.07 Å². The van der Waals surface area contributed by atoms with E-state index in [0.717, 1.165) is 18.8 Å². The largest absolute Gasteiger partial charge is 1.00 e. The summed E-state index contributed by atoms with van der Waals surface area (Å²) < 4.78 is 10.5. The van der Waals surface area contributed by atoms with Gasteiger partial charge in [0.25, 0.3) is 0 Å². The van der Waals surface area contributed by atoms with Crippen molar-refractivity contribution in [1.29, 1.82) is 0 Å². The van der Waals surface area contributed by atoms with Crippen LogP contribution in [-0.4, -0.2) is 37.1 Å². The molecule has 104 valence electrons. The first kappa shape index (κ1) is 14.2. The Morgan fingerprint density at radius 2 is 1.84 bits per heavy atom. The third-order valence-corrected chi connectivity index (χ3v) is 3.51. The summed E-state index contributed by atoms with van der Waals surface area (Å²) in [5, 5.41) is 0. The van der Waals surface area contributed by atoms with Crippen LogP contribution < -0.4 is 21.9 Å². The van der Waals surface area contributed by atoms with E-state index < -0.39 is 0 Å². The summed E-state index contributed by atoms with van der Waals surface area (Å²) in [5.41, 5.74) is 0.713. The molecule has 2 heterocycles. The molecule has 0 amide bonds. The van der Waals surface area contributed by atoms with Gasteiger partial charge in [-0.15, -0.1) is 0 Å². The van der Waals surface area contributed by atoms with Gasteiger partial charge in [-0.25, -0.2) is 0 Å². The van der Waals surface area contributed by atoms with Gasteiger partial charge in [0.1, 0.15) is 0 Å². The van der Waals surface area contributed by atoms with Gasteiger partial charge in [-0.3, -0.25) is 9.69 Å². The lowest BCUT2D eigenvalue weighted by atomic mass is 10.1. The molecule has 0 aliphatic carbocycles. The van der Waals surface area contributed by atoms with Crippen LogP contribution in [0.1, 0.15) is 29.6 Å². The molecule has 0 saturated carbocycles. The lowest BCUT2D eigenvalue weighted by molar-refractivity contribution is -0.0000133. The number of nitrogens with zero attached hydrogens (tertiary/aromatic N) is 1. The summed E-state index contributed by atoms with van der Waals surface area (Å²) >= 11 is 0. The second-order valence-corrected chi connectivity index (χ2v) is 4.83. The molecule has 1 saturated heterocycles. The monoisotopic (exact) mass is 282 g/mol. The zero-order chi connectivity index (χ0) is 12.4. The Morgan fingerprint density at radius 3 is 2.63 bits per heavy atom. The van der Waals surface area contributed by atoms with E-state index >= 15 is 0 Å². The molecule has 1 aromatic rings. The quantitative estimate of drug-likeness (QED) is 0.673. The van der Waals surface area contributed by atoms with Crippen LogP contribution in [0.15, 0.2) is 18.2 Å². The number of carbonyl (C=O) groups is 1. The standard InChI is InChI=1S/C14H17NO3.ClH/c16-12(9-15-6-2-1-3-7-15)11-4-5-13-14(8-11)18-10-17-13;/h4-5,8H,1-3,6-7,9-10H2;1H/p-1. The highest BCUT2D eigenvalue weighted by Gasteiger charge is 2.18. The number of piperidine rings is 1. The van der Waals surface area contributed by atoms with Crippen LogP contribution in [0, 0.1) is 0 Å². The van der Waals surface area contributed by atoms with Gasteiger partial charge in [-0.2, -0.15) is 0 Å². The van der Waals surface area contributed by atoms with Crippen molar-refractivity contribution in [3.63, 3.8) is 0 Å². The minimum atomic E-state index is 0. The van der Waals surface area contributed by atoms with Crippen molar-refractivity contribution in [2.45, 2.75) is 19.3 Å². The van der Waals surface area contributed by atoms with Crippen LogP contribution in [0.5, 0.6) is 11.5 Å². The van der Waals surface area contributed by atoms with E-state index in [0.29, 0.717) is 17.9 Å². The minimum Gasteiger partial charge on any atom is -1.00 e. The fraction of sp³-hybridized carbons (Fsp3) is 0.500. The molecule has 0 N–H and O–H groups in total. The Hall–Kier alpha value is -1.26. The molecule has 0 unspecified atom stereocenters. The number of fused-ring (bicyclic) bond motifs is 1. The Balaban J connectivity index is 0.00000133. The average Bonchev–Trinajstić information content (AvgIpc) is 2.87. The van der Waals surface area contributed by atoms with E-state index in [4.69, 9.17) is 9.47 Å². The van der Waals surface area contributed by atoms with E-state index in [1.807, 2.05) is 12.1 Å². The number of hydrogen-bond donors (Lipinski definition) is 0. The van der Waals surface area contributed by atoms with Crippen molar-refractivity contribution in [2.75, 3.05) is 26.4 Å². The molecule has 4 nitrogen and oxygen atoms in total. The Kier molecular flexibility index (Phi) is 4.66. The van der Waals surface area contributed by atoms with E-state index in [-0.39, 0.29) is 25.0 Å². The minimum absolute atomic E-state index is 0. The molecule has 0 radical (unpaired) electrons. The molecule has 5 heteroatoms. The second kappa shape index (κ2) is 6.26. The first-order valence-corrected chi connectivity index (χ1v) is 6.48. The Labute approximate surface area is 119 Å². The summed E-state index contributed by atoms with van der Waals surface area (Å²) in [4.78, 5) is 14.4. The summed E-state index contributed by atoms with van der Waals surface area (Å²) in [6.07, 6.45) is 3.69. The third kappa shape index (κ3) is 3.19. The van der Waals surface area contributed by atoms with Gasteiger partial charge in [-0.1, -0.05) is 6.42 Å². The molecule has 2 aliphatic rings. The van der Waals surface area contributed by atoms with Crippen LogP contribution in [0.4, 0.5) is 0 Å². The van der Waals surface area contributed by atoms with Crippen LogP contribution in [-0.2, 0) is 0 Å². The highest BCUT2D eigenvalue weighted by atomic mass is 35.5. The van der Waals surface area contributed by atoms with Crippen LogP contribution in [0.3, 0.4) is 0 Å². The SMILES string of the molecule is O=C(CN1CCCCC1)c1ccc2c(c1)OCO2.[Cl-]. The van der Waals surface area contributed by atoms with Crippen LogP contribution >= 0.6 is 0 Å². The van der Waals surface area contributed by atoms with Crippen molar-refractivity contribution >= 4 is 5.78 Å². The van der Waals surface area contributed by atoms with E-state index in [2.05, 4.69) is 4.90 Å². The summed E-state index contributed by atoms with van der Waals surface area (Å²) in [6, 6.07) is 5.42. The smallest absolute Gasteiger partial charge is 0.231 e. The lowest BCUT2D eigenvalue weighted by Gasteiger charge is -2.25. The number of benzene rings is 1. The van der Waals surface area contributed by atoms with Gasteiger partial charge >= 0.3 is 0 Å². The van der Waals surface area contributed by atoms with Crippen molar-refractivity contribution in [3.8, 4) is 11.5 Å². The summed E-state index contributed by atoms with van der Waals surface area (Å²) in [5.74, 6) is 1.57. The van der Waals surface area contributed by atoms with Gasteiger partial charge < -0.3 is 21.9 Å². The molecule has 2 aliphatic heterocycles. The molecule has 0 aromatic heterocycles. The zero-order valence-corrected chi connectivity index (χ0v) is 11.5. The molecule has 0 atom stereocenters. The fourth-order valence-corrected chi connectivity index (χ4v) is 2.48. The Morgan fingerprint density at radius 1 is 1.11 bits per heavy atom. The van der Waals surface area contributed by atoms with Crippen LogP contribution in [0.25, 0.3) is 0 Å². The van der Waals surface area contributed by atoms with Crippen LogP contribution in [0.2, 0.25) is 0 Å². The first-order valence-electron chi connectivity index (χ1n) is 6.48. The number of halogens is 1. The molecule has 1 fully saturated rings. The number of ether oxygens (including phenoxy) is 2. The average molecular weight is 283 g/mol.